The van der Waals surface area contributed by atoms with Gasteiger partial charge in [-0.3, -0.25) is 0 Å². The van der Waals surface area contributed by atoms with Gasteiger partial charge in [0.25, 0.3) is 0 Å². The van der Waals surface area contributed by atoms with Gasteiger partial charge in [0.2, 0.25) is 0 Å². The Balaban J connectivity index is 2.24. The third-order valence-corrected chi connectivity index (χ3v) is 2.61. The summed E-state index contributed by atoms with van der Waals surface area (Å²) >= 11 is 0. The van der Waals surface area contributed by atoms with Crippen LogP contribution in [0.2, 0.25) is 0 Å². The molecule has 0 bridgehead atoms. The Labute approximate surface area is 102 Å². The normalized spacial score (nSPS) is 10.2. The number of ether oxygens (including phenoxy) is 1. The van der Waals surface area contributed by atoms with Gasteiger partial charge in [0.15, 0.2) is 0 Å². The second-order valence-electron chi connectivity index (χ2n) is 4.07. The van der Waals surface area contributed by atoms with Crippen LogP contribution in [0.4, 0.5) is 0 Å². The molecule has 0 spiro atoms. The van der Waals surface area contributed by atoms with Gasteiger partial charge >= 0.3 is 5.97 Å². The van der Waals surface area contributed by atoms with Crippen molar-refractivity contribution in [3.8, 4) is 5.75 Å². The molecule has 17 heavy (non-hydrogen) atoms. The smallest absolute Gasteiger partial charge is 0.341 e. The number of carbonyl (C=O) groups excluding carboxylic acids is 1. The first-order valence-corrected chi connectivity index (χ1v) is 6.20. The van der Waals surface area contributed by atoms with Gasteiger partial charge in [-0.1, -0.05) is 44.7 Å². The van der Waals surface area contributed by atoms with Crippen LogP contribution >= 0.6 is 0 Å². The van der Waals surface area contributed by atoms with Crippen LogP contribution in [0.5, 0.6) is 5.75 Å². The molecule has 0 unspecified atom stereocenters. The second-order valence-corrected chi connectivity index (χ2v) is 4.07. The molecule has 94 valence electrons. The van der Waals surface area contributed by atoms with E-state index in [-0.39, 0.29) is 11.3 Å². The molecule has 0 aromatic heterocycles. The van der Waals surface area contributed by atoms with E-state index in [1.807, 2.05) is 0 Å². The van der Waals surface area contributed by atoms with Crippen molar-refractivity contribution in [1.82, 2.24) is 0 Å². The van der Waals surface area contributed by atoms with E-state index in [1.165, 1.54) is 25.3 Å². The van der Waals surface area contributed by atoms with Gasteiger partial charge in [0, 0.05) is 0 Å². The first-order valence-electron chi connectivity index (χ1n) is 6.20. The third-order valence-electron chi connectivity index (χ3n) is 2.61. The molecule has 0 aliphatic carbocycles. The zero-order chi connectivity index (χ0) is 12.5. The predicted molar refractivity (Wildman–Crippen MR) is 67.1 cm³/mol. The standard InChI is InChI=1S/C14H20O3/c1-2-3-4-5-8-11-17-14(16)12-9-6-7-10-13(12)15/h6-7,9-10,15H,2-5,8,11H2,1H3. The van der Waals surface area contributed by atoms with Crippen molar-refractivity contribution in [2.45, 2.75) is 39.0 Å². The first kappa shape index (κ1) is 13.6. The maximum Gasteiger partial charge on any atom is 0.341 e. The van der Waals surface area contributed by atoms with Crippen molar-refractivity contribution in [3.05, 3.63) is 29.8 Å². The molecule has 0 aliphatic heterocycles. The van der Waals surface area contributed by atoms with Gasteiger partial charge in [-0.2, -0.15) is 0 Å². The molecule has 0 amide bonds. The van der Waals surface area contributed by atoms with E-state index < -0.39 is 5.97 Å². The number of phenols is 1. The highest BCUT2D eigenvalue weighted by atomic mass is 16.5. The summed E-state index contributed by atoms with van der Waals surface area (Å²) in [5, 5.41) is 9.45. The Bertz CT molecular complexity index is 347. The Morgan fingerprint density at radius 3 is 2.59 bits per heavy atom. The number of esters is 1. The largest absolute Gasteiger partial charge is 0.507 e. The first-order chi connectivity index (χ1) is 8.25. The molecule has 0 heterocycles. The van der Waals surface area contributed by atoms with Crippen LogP contribution < -0.4 is 0 Å². The van der Waals surface area contributed by atoms with Crippen molar-refractivity contribution in [2.24, 2.45) is 0 Å². The maximum absolute atomic E-state index is 11.6. The van der Waals surface area contributed by atoms with Crippen LogP contribution in [0.25, 0.3) is 0 Å². The average molecular weight is 236 g/mol. The topological polar surface area (TPSA) is 46.5 Å². The van der Waals surface area contributed by atoms with E-state index in [4.69, 9.17) is 4.74 Å². The van der Waals surface area contributed by atoms with E-state index >= 15 is 0 Å². The third kappa shape index (κ3) is 4.89. The monoisotopic (exact) mass is 236 g/mol. The lowest BCUT2D eigenvalue weighted by atomic mass is 10.2. The van der Waals surface area contributed by atoms with Crippen molar-refractivity contribution in [1.29, 1.82) is 0 Å². The van der Waals surface area contributed by atoms with E-state index in [2.05, 4.69) is 6.92 Å². The highest BCUT2D eigenvalue weighted by molar-refractivity contribution is 5.92. The molecule has 1 N–H and O–H groups in total. The van der Waals surface area contributed by atoms with Crippen molar-refractivity contribution in [3.63, 3.8) is 0 Å². The van der Waals surface area contributed by atoms with Gasteiger partial charge in [-0.25, -0.2) is 4.79 Å². The van der Waals surface area contributed by atoms with Gasteiger partial charge in [0.1, 0.15) is 11.3 Å². The molecule has 0 saturated heterocycles. The number of hydrogen-bond acceptors (Lipinski definition) is 3. The SMILES string of the molecule is CCCCCCCOC(=O)c1ccccc1O. The summed E-state index contributed by atoms with van der Waals surface area (Å²) in [5.74, 6) is -0.470. The number of unbranched alkanes of at least 4 members (excludes halogenated alkanes) is 4. The minimum absolute atomic E-state index is 0.0246. The quantitative estimate of drug-likeness (QED) is 0.582. The van der Waals surface area contributed by atoms with E-state index in [1.54, 1.807) is 18.2 Å². The molecule has 1 aromatic carbocycles. The fourth-order valence-corrected chi connectivity index (χ4v) is 1.59. The molecular weight excluding hydrogens is 216 g/mol. The number of para-hydroxylation sites is 1. The summed E-state index contributed by atoms with van der Waals surface area (Å²) in [5.41, 5.74) is 0.237. The summed E-state index contributed by atoms with van der Waals surface area (Å²) in [7, 11) is 0. The molecule has 1 rings (SSSR count). The molecule has 1 aromatic rings. The lowest BCUT2D eigenvalue weighted by molar-refractivity contribution is 0.0494. The molecule has 0 aliphatic rings. The maximum atomic E-state index is 11.6. The van der Waals surface area contributed by atoms with Gasteiger partial charge < -0.3 is 9.84 Å². The molecule has 0 fully saturated rings. The Morgan fingerprint density at radius 2 is 1.88 bits per heavy atom. The fraction of sp³-hybridized carbons (Fsp3) is 0.500. The number of hydrogen-bond donors (Lipinski definition) is 1. The van der Waals surface area contributed by atoms with E-state index in [0.717, 1.165) is 12.8 Å². The van der Waals surface area contributed by atoms with Gasteiger partial charge in [0.05, 0.1) is 6.61 Å². The molecule has 0 atom stereocenters. The summed E-state index contributed by atoms with van der Waals surface area (Å²) in [6, 6.07) is 6.43. The minimum Gasteiger partial charge on any atom is -0.507 e. The van der Waals surface area contributed by atoms with Gasteiger partial charge in [-0.05, 0) is 18.6 Å². The van der Waals surface area contributed by atoms with Crippen LogP contribution in [0, 0.1) is 0 Å². The number of phenolic OH excluding ortho intramolecular Hbond substituents is 1. The van der Waals surface area contributed by atoms with Crippen molar-refractivity contribution < 1.29 is 14.6 Å². The average Bonchev–Trinajstić information content (AvgIpc) is 2.34. The number of rotatable bonds is 7. The number of aromatic hydroxyl groups is 1. The van der Waals surface area contributed by atoms with Crippen LogP contribution in [0.3, 0.4) is 0 Å². The molecule has 3 heteroatoms. The van der Waals surface area contributed by atoms with Crippen LogP contribution in [0.15, 0.2) is 24.3 Å². The summed E-state index contributed by atoms with van der Waals surface area (Å²) < 4.78 is 5.09. The van der Waals surface area contributed by atoms with E-state index in [9.17, 15) is 9.90 Å². The van der Waals surface area contributed by atoms with Crippen LogP contribution in [-0.4, -0.2) is 17.7 Å². The molecule has 3 nitrogen and oxygen atoms in total. The minimum atomic E-state index is -0.446. The highest BCUT2D eigenvalue weighted by Gasteiger charge is 2.10. The molecule has 0 saturated carbocycles. The van der Waals surface area contributed by atoms with Crippen LogP contribution in [0.1, 0.15) is 49.4 Å². The predicted octanol–water partition coefficient (Wildman–Crippen LogP) is 3.52. The molecule has 0 radical (unpaired) electrons. The summed E-state index contributed by atoms with van der Waals surface area (Å²) in [6.45, 7) is 2.59. The molecular formula is C14H20O3. The Kier molecular flexibility index (Phi) is 6.15. The summed E-state index contributed by atoms with van der Waals surface area (Å²) in [6.07, 6.45) is 5.59. The van der Waals surface area contributed by atoms with Crippen molar-refractivity contribution >= 4 is 5.97 Å². The Morgan fingerprint density at radius 1 is 1.18 bits per heavy atom. The van der Waals surface area contributed by atoms with Gasteiger partial charge in [-0.15, -0.1) is 0 Å². The number of carbonyl (C=O) groups is 1. The zero-order valence-electron chi connectivity index (χ0n) is 10.3. The number of benzene rings is 1. The van der Waals surface area contributed by atoms with Crippen LogP contribution in [-0.2, 0) is 4.74 Å². The second kappa shape index (κ2) is 7.71. The highest BCUT2D eigenvalue weighted by Crippen LogP contribution is 2.16. The summed E-state index contributed by atoms with van der Waals surface area (Å²) in [4.78, 5) is 11.6. The lowest BCUT2D eigenvalue weighted by Gasteiger charge is -2.05. The van der Waals surface area contributed by atoms with Crippen molar-refractivity contribution in [2.75, 3.05) is 6.61 Å². The zero-order valence-corrected chi connectivity index (χ0v) is 10.3. The lowest BCUT2D eigenvalue weighted by Crippen LogP contribution is -2.06. The van der Waals surface area contributed by atoms with E-state index in [0.29, 0.717) is 6.61 Å². The Hall–Kier alpha value is -1.51. The fourth-order valence-electron chi connectivity index (χ4n) is 1.59.